The maximum atomic E-state index is 12.2. The summed E-state index contributed by atoms with van der Waals surface area (Å²) in [6, 6.07) is 1.57. The molecule has 1 saturated heterocycles. The Hall–Kier alpha value is 0.730. The highest BCUT2D eigenvalue weighted by Crippen LogP contribution is 2.36. The highest BCUT2D eigenvalue weighted by Gasteiger charge is 2.28. The molecule has 0 aromatic carbocycles. The molecule has 90 valence electrons. The van der Waals surface area contributed by atoms with Gasteiger partial charge in [0, 0.05) is 29.1 Å². The molecule has 1 aliphatic heterocycles. The van der Waals surface area contributed by atoms with E-state index in [1.807, 2.05) is 0 Å². The summed E-state index contributed by atoms with van der Waals surface area (Å²) < 4.78 is 27.4. The van der Waals surface area contributed by atoms with Crippen LogP contribution in [-0.4, -0.2) is 37.3 Å². The molecule has 2 heterocycles. The molecule has 0 unspecified atom stereocenters. The standard InChI is InChI=1S/C8H9BrClNO2S3/c9-6-5-7(15-8(6)10)16(12,13)11-1-3-14-4-2-11/h5H,1-4H2. The van der Waals surface area contributed by atoms with E-state index in [0.717, 1.165) is 22.8 Å². The van der Waals surface area contributed by atoms with Crippen molar-refractivity contribution in [2.24, 2.45) is 0 Å². The predicted molar refractivity (Wildman–Crippen MR) is 73.1 cm³/mol. The first kappa shape index (κ1) is 13.2. The van der Waals surface area contributed by atoms with Gasteiger partial charge in [-0.25, -0.2) is 8.42 Å². The molecule has 0 bridgehead atoms. The molecule has 0 spiro atoms. The van der Waals surface area contributed by atoms with Gasteiger partial charge in [0.1, 0.15) is 8.55 Å². The number of rotatable bonds is 2. The Morgan fingerprint density at radius 2 is 2.00 bits per heavy atom. The number of thiophene rings is 1. The Labute approximate surface area is 116 Å². The summed E-state index contributed by atoms with van der Waals surface area (Å²) in [6.45, 7) is 1.17. The van der Waals surface area contributed by atoms with Crippen LogP contribution in [0, 0.1) is 0 Å². The Balaban J connectivity index is 2.30. The molecule has 1 fully saturated rings. The number of hydrogen-bond acceptors (Lipinski definition) is 4. The molecule has 0 amide bonds. The Morgan fingerprint density at radius 1 is 1.38 bits per heavy atom. The molecule has 16 heavy (non-hydrogen) atoms. The second-order valence-corrected chi connectivity index (χ2v) is 9.10. The minimum atomic E-state index is -3.34. The smallest absolute Gasteiger partial charge is 0.206 e. The van der Waals surface area contributed by atoms with Crippen molar-refractivity contribution in [3.05, 3.63) is 14.9 Å². The molecule has 1 aromatic heterocycles. The zero-order chi connectivity index (χ0) is 11.8. The van der Waals surface area contributed by atoms with Crippen LogP contribution in [0.3, 0.4) is 0 Å². The van der Waals surface area contributed by atoms with E-state index in [-0.39, 0.29) is 0 Å². The maximum absolute atomic E-state index is 12.2. The third-order valence-electron chi connectivity index (χ3n) is 2.19. The van der Waals surface area contributed by atoms with Crippen molar-refractivity contribution in [3.8, 4) is 0 Å². The van der Waals surface area contributed by atoms with Gasteiger partial charge in [0.2, 0.25) is 0 Å². The molecular formula is C8H9BrClNO2S3. The van der Waals surface area contributed by atoms with E-state index in [0.29, 0.717) is 26.1 Å². The molecule has 2 rings (SSSR count). The summed E-state index contributed by atoms with van der Waals surface area (Å²) in [5, 5.41) is 0. The summed E-state index contributed by atoms with van der Waals surface area (Å²) in [6.07, 6.45) is 0. The highest BCUT2D eigenvalue weighted by atomic mass is 79.9. The summed E-state index contributed by atoms with van der Waals surface area (Å²) >= 11 is 12.0. The maximum Gasteiger partial charge on any atom is 0.252 e. The van der Waals surface area contributed by atoms with Gasteiger partial charge in [-0.3, -0.25) is 0 Å². The first-order valence-corrected chi connectivity index (χ1v) is 9.13. The lowest BCUT2D eigenvalue weighted by Crippen LogP contribution is -2.37. The molecule has 8 heteroatoms. The van der Waals surface area contributed by atoms with E-state index in [1.54, 1.807) is 17.8 Å². The second kappa shape index (κ2) is 5.16. The van der Waals surface area contributed by atoms with E-state index in [1.165, 1.54) is 4.31 Å². The zero-order valence-corrected chi connectivity index (χ0v) is 12.9. The second-order valence-electron chi connectivity index (χ2n) is 3.20. The van der Waals surface area contributed by atoms with Crippen molar-refractivity contribution in [1.29, 1.82) is 0 Å². The van der Waals surface area contributed by atoms with Crippen LogP contribution in [0.15, 0.2) is 14.7 Å². The average molecular weight is 363 g/mol. The van der Waals surface area contributed by atoms with Gasteiger partial charge in [0.05, 0.1) is 0 Å². The van der Waals surface area contributed by atoms with Crippen LogP contribution in [0.4, 0.5) is 0 Å². The highest BCUT2D eigenvalue weighted by molar-refractivity contribution is 9.10. The molecule has 0 radical (unpaired) electrons. The van der Waals surface area contributed by atoms with Crippen LogP contribution in [0.2, 0.25) is 4.34 Å². The lowest BCUT2D eigenvalue weighted by atomic mass is 10.6. The minimum Gasteiger partial charge on any atom is -0.206 e. The first-order chi connectivity index (χ1) is 7.51. The van der Waals surface area contributed by atoms with Crippen molar-refractivity contribution >= 4 is 60.7 Å². The monoisotopic (exact) mass is 361 g/mol. The summed E-state index contributed by atoms with van der Waals surface area (Å²) in [5.41, 5.74) is 0. The van der Waals surface area contributed by atoms with Crippen molar-refractivity contribution in [1.82, 2.24) is 4.31 Å². The van der Waals surface area contributed by atoms with Gasteiger partial charge in [-0.05, 0) is 22.0 Å². The van der Waals surface area contributed by atoms with Crippen LogP contribution in [-0.2, 0) is 10.0 Å². The van der Waals surface area contributed by atoms with Gasteiger partial charge in [-0.15, -0.1) is 11.3 Å². The number of halogens is 2. The number of thioether (sulfide) groups is 1. The average Bonchev–Trinajstić information content (AvgIpc) is 2.61. The Morgan fingerprint density at radius 3 is 2.50 bits per heavy atom. The molecule has 1 aromatic rings. The number of hydrogen-bond donors (Lipinski definition) is 0. The SMILES string of the molecule is O=S(=O)(c1cc(Br)c(Cl)s1)N1CCSCC1. The summed E-state index contributed by atoms with van der Waals surface area (Å²) in [5.74, 6) is 1.72. The normalized spacial score (nSPS) is 18.9. The molecular weight excluding hydrogens is 354 g/mol. The molecule has 1 aliphatic rings. The van der Waals surface area contributed by atoms with Crippen molar-refractivity contribution < 1.29 is 8.42 Å². The fraction of sp³-hybridized carbons (Fsp3) is 0.500. The van der Waals surface area contributed by atoms with Gasteiger partial charge >= 0.3 is 0 Å². The third kappa shape index (κ3) is 2.59. The van der Waals surface area contributed by atoms with Crippen molar-refractivity contribution in [2.75, 3.05) is 24.6 Å². The van der Waals surface area contributed by atoms with Crippen molar-refractivity contribution in [2.45, 2.75) is 4.21 Å². The van der Waals surface area contributed by atoms with E-state index in [9.17, 15) is 8.42 Å². The summed E-state index contributed by atoms with van der Waals surface area (Å²) in [7, 11) is -3.34. The first-order valence-electron chi connectivity index (χ1n) is 4.54. The van der Waals surface area contributed by atoms with Gasteiger partial charge in [-0.2, -0.15) is 16.1 Å². The minimum absolute atomic E-state index is 0.316. The van der Waals surface area contributed by atoms with Crippen LogP contribution >= 0.6 is 50.6 Å². The molecule has 0 aliphatic carbocycles. The lowest BCUT2D eigenvalue weighted by Gasteiger charge is -2.24. The molecule has 0 N–H and O–H groups in total. The number of sulfonamides is 1. The Kier molecular flexibility index (Phi) is 4.24. The van der Waals surface area contributed by atoms with Gasteiger partial charge in [-0.1, -0.05) is 11.6 Å². The van der Waals surface area contributed by atoms with Gasteiger partial charge in [0.25, 0.3) is 10.0 Å². The van der Waals surface area contributed by atoms with Gasteiger partial charge < -0.3 is 0 Å². The topological polar surface area (TPSA) is 37.4 Å². The molecule has 3 nitrogen and oxygen atoms in total. The lowest BCUT2D eigenvalue weighted by molar-refractivity contribution is 0.445. The quantitative estimate of drug-likeness (QED) is 0.812. The predicted octanol–water partition coefficient (Wildman–Crippen LogP) is 2.90. The Bertz CT molecular complexity index is 462. The van der Waals surface area contributed by atoms with E-state index in [4.69, 9.17) is 11.6 Å². The molecule has 0 atom stereocenters. The van der Waals surface area contributed by atoms with Crippen LogP contribution in [0.5, 0.6) is 0 Å². The largest absolute Gasteiger partial charge is 0.252 e. The zero-order valence-electron chi connectivity index (χ0n) is 8.15. The van der Waals surface area contributed by atoms with E-state index < -0.39 is 10.0 Å². The van der Waals surface area contributed by atoms with Crippen LogP contribution in [0.1, 0.15) is 0 Å². The van der Waals surface area contributed by atoms with Crippen LogP contribution in [0.25, 0.3) is 0 Å². The fourth-order valence-corrected chi connectivity index (χ4v) is 6.40. The third-order valence-corrected chi connectivity index (χ3v) is 7.95. The van der Waals surface area contributed by atoms with Crippen molar-refractivity contribution in [3.63, 3.8) is 0 Å². The van der Waals surface area contributed by atoms with Gasteiger partial charge in [0.15, 0.2) is 0 Å². The number of nitrogens with zero attached hydrogens (tertiary/aromatic N) is 1. The molecule has 0 saturated carbocycles. The fourth-order valence-electron chi connectivity index (χ4n) is 1.37. The van der Waals surface area contributed by atoms with E-state index >= 15 is 0 Å². The summed E-state index contributed by atoms with van der Waals surface area (Å²) in [4.78, 5) is 0. The van der Waals surface area contributed by atoms with Crippen LogP contribution < -0.4 is 0 Å². The van der Waals surface area contributed by atoms with E-state index in [2.05, 4.69) is 15.9 Å².